The van der Waals surface area contributed by atoms with Crippen molar-refractivity contribution in [2.24, 2.45) is 0 Å². The van der Waals surface area contributed by atoms with Crippen molar-refractivity contribution in [3.8, 4) is 5.75 Å². The summed E-state index contributed by atoms with van der Waals surface area (Å²) in [6, 6.07) is 5.42. The summed E-state index contributed by atoms with van der Waals surface area (Å²) in [5, 5.41) is 10.0. The van der Waals surface area contributed by atoms with Gasteiger partial charge in [-0.15, -0.1) is 0 Å². The van der Waals surface area contributed by atoms with E-state index in [1.54, 1.807) is 6.07 Å². The van der Waals surface area contributed by atoms with Crippen LogP contribution in [-0.2, 0) is 0 Å². The van der Waals surface area contributed by atoms with Gasteiger partial charge in [0.15, 0.2) is 0 Å². The van der Waals surface area contributed by atoms with Crippen molar-refractivity contribution in [2.45, 2.75) is 6.92 Å². The molecule has 0 spiro atoms. The van der Waals surface area contributed by atoms with Gasteiger partial charge in [-0.25, -0.2) is 0 Å². The number of hydrogen-bond acceptors (Lipinski definition) is 3. The molecule has 0 atom stereocenters. The molecule has 2 rings (SSSR count). The van der Waals surface area contributed by atoms with Crippen LogP contribution in [0, 0.1) is 0 Å². The summed E-state index contributed by atoms with van der Waals surface area (Å²) in [6.45, 7) is 7.33. The van der Waals surface area contributed by atoms with E-state index in [2.05, 4.69) is 16.7 Å². The Labute approximate surface area is 101 Å². The molecule has 1 aromatic rings. The van der Waals surface area contributed by atoms with Gasteiger partial charge in [-0.3, -0.25) is 0 Å². The number of hydrogen-bond donors (Lipinski definition) is 1. The molecule has 0 aliphatic carbocycles. The number of nitrogens with zero attached hydrogens (tertiary/aromatic N) is 2. The number of aromatic hydroxyl groups is 1. The van der Waals surface area contributed by atoms with E-state index in [9.17, 15) is 5.11 Å². The molecule has 0 radical (unpaired) electrons. The van der Waals surface area contributed by atoms with Gasteiger partial charge in [0.2, 0.25) is 0 Å². The van der Waals surface area contributed by atoms with E-state index in [0.29, 0.717) is 5.02 Å². The van der Waals surface area contributed by atoms with Gasteiger partial charge in [0.1, 0.15) is 10.8 Å². The number of phenols is 1. The molecule has 0 aromatic heterocycles. The monoisotopic (exact) mass is 240 g/mol. The second-order valence-electron chi connectivity index (χ2n) is 4.03. The topological polar surface area (TPSA) is 26.7 Å². The average molecular weight is 241 g/mol. The summed E-state index contributed by atoms with van der Waals surface area (Å²) < 4.78 is 0. The minimum atomic E-state index is 0.164. The number of rotatable bonds is 2. The summed E-state index contributed by atoms with van der Waals surface area (Å²) in [5.41, 5.74) is 0.942. The lowest BCUT2D eigenvalue weighted by Gasteiger charge is -2.35. The second kappa shape index (κ2) is 4.93. The standard InChI is InChI=1S/C12H17ClN2O/c1-2-14-6-8-15(9-7-14)10-4-3-5-11(16)12(10)13/h3-5,16H,2,6-9H2,1H3. The van der Waals surface area contributed by atoms with Crippen LogP contribution in [0.25, 0.3) is 0 Å². The lowest BCUT2D eigenvalue weighted by Crippen LogP contribution is -2.46. The van der Waals surface area contributed by atoms with Crippen molar-refractivity contribution in [1.82, 2.24) is 4.90 Å². The predicted octanol–water partition coefficient (Wildman–Crippen LogP) is 2.19. The van der Waals surface area contributed by atoms with Crippen LogP contribution in [0.5, 0.6) is 5.75 Å². The molecule has 1 aliphatic heterocycles. The Kier molecular flexibility index (Phi) is 3.56. The third-order valence-electron chi connectivity index (χ3n) is 3.12. The number of anilines is 1. The summed E-state index contributed by atoms with van der Waals surface area (Å²) in [7, 11) is 0. The largest absolute Gasteiger partial charge is 0.506 e. The molecular weight excluding hydrogens is 224 g/mol. The summed E-state index contributed by atoms with van der Waals surface area (Å²) >= 11 is 6.09. The van der Waals surface area contributed by atoms with Crippen molar-refractivity contribution < 1.29 is 5.11 Å². The molecule has 1 heterocycles. The number of phenolic OH excluding ortho intramolecular Hbond substituents is 1. The first-order valence-corrected chi connectivity index (χ1v) is 6.05. The van der Waals surface area contributed by atoms with Crippen molar-refractivity contribution in [1.29, 1.82) is 0 Å². The molecule has 1 saturated heterocycles. The second-order valence-corrected chi connectivity index (χ2v) is 4.41. The molecule has 0 amide bonds. The molecule has 1 fully saturated rings. The van der Waals surface area contributed by atoms with Gasteiger partial charge in [0.25, 0.3) is 0 Å². The molecule has 16 heavy (non-hydrogen) atoms. The lowest BCUT2D eigenvalue weighted by atomic mass is 10.2. The lowest BCUT2D eigenvalue weighted by molar-refractivity contribution is 0.271. The van der Waals surface area contributed by atoms with Crippen LogP contribution >= 0.6 is 11.6 Å². The van der Waals surface area contributed by atoms with Gasteiger partial charge in [-0.05, 0) is 18.7 Å². The Morgan fingerprint density at radius 1 is 1.25 bits per heavy atom. The molecule has 88 valence electrons. The Morgan fingerprint density at radius 3 is 2.56 bits per heavy atom. The maximum absolute atomic E-state index is 9.56. The van der Waals surface area contributed by atoms with Crippen LogP contribution in [0.3, 0.4) is 0 Å². The molecule has 1 aromatic carbocycles. The molecular formula is C12H17ClN2O. The molecule has 4 heteroatoms. The van der Waals surface area contributed by atoms with Gasteiger partial charge < -0.3 is 14.9 Å². The zero-order valence-electron chi connectivity index (χ0n) is 9.49. The van der Waals surface area contributed by atoms with Crippen molar-refractivity contribution >= 4 is 17.3 Å². The number of benzene rings is 1. The molecule has 1 N–H and O–H groups in total. The van der Waals surface area contributed by atoms with Crippen LogP contribution < -0.4 is 4.90 Å². The maximum Gasteiger partial charge on any atom is 0.136 e. The van der Waals surface area contributed by atoms with Crippen molar-refractivity contribution in [3.63, 3.8) is 0 Å². The fourth-order valence-electron chi connectivity index (χ4n) is 2.06. The molecule has 0 unspecified atom stereocenters. The van der Waals surface area contributed by atoms with E-state index in [1.807, 2.05) is 12.1 Å². The molecule has 1 aliphatic rings. The number of likely N-dealkylation sites (N-methyl/N-ethyl adjacent to an activating group) is 1. The van der Waals surface area contributed by atoms with Crippen molar-refractivity contribution in [2.75, 3.05) is 37.6 Å². The Hall–Kier alpha value is -0.930. The maximum atomic E-state index is 9.56. The van der Waals surface area contributed by atoms with E-state index < -0.39 is 0 Å². The highest BCUT2D eigenvalue weighted by Crippen LogP contribution is 2.33. The van der Waals surface area contributed by atoms with E-state index in [0.717, 1.165) is 38.4 Å². The molecule has 0 bridgehead atoms. The zero-order chi connectivity index (χ0) is 11.5. The Bertz CT molecular complexity index is 362. The van der Waals surface area contributed by atoms with Gasteiger partial charge in [0, 0.05) is 26.2 Å². The first kappa shape index (κ1) is 11.6. The highest BCUT2D eigenvalue weighted by molar-refractivity contribution is 6.34. The van der Waals surface area contributed by atoms with Crippen LogP contribution in [0.15, 0.2) is 18.2 Å². The van der Waals surface area contributed by atoms with E-state index in [4.69, 9.17) is 11.6 Å². The first-order chi connectivity index (χ1) is 7.72. The minimum absolute atomic E-state index is 0.164. The van der Waals surface area contributed by atoms with Gasteiger partial charge in [-0.2, -0.15) is 0 Å². The highest BCUT2D eigenvalue weighted by atomic mass is 35.5. The van der Waals surface area contributed by atoms with E-state index in [1.165, 1.54) is 0 Å². The van der Waals surface area contributed by atoms with E-state index >= 15 is 0 Å². The number of halogens is 1. The third-order valence-corrected chi connectivity index (χ3v) is 3.51. The smallest absolute Gasteiger partial charge is 0.136 e. The summed E-state index contributed by atoms with van der Waals surface area (Å²) in [6.07, 6.45) is 0. The summed E-state index contributed by atoms with van der Waals surface area (Å²) in [5.74, 6) is 0.164. The average Bonchev–Trinajstić information content (AvgIpc) is 2.33. The van der Waals surface area contributed by atoms with Gasteiger partial charge >= 0.3 is 0 Å². The third kappa shape index (κ3) is 2.25. The van der Waals surface area contributed by atoms with Crippen LogP contribution in [0.1, 0.15) is 6.92 Å². The van der Waals surface area contributed by atoms with Gasteiger partial charge in [-0.1, -0.05) is 24.6 Å². The highest BCUT2D eigenvalue weighted by Gasteiger charge is 2.18. The van der Waals surface area contributed by atoms with E-state index in [-0.39, 0.29) is 5.75 Å². The van der Waals surface area contributed by atoms with Crippen LogP contribution in [0.2, 0.25) is 5.02 Å². The van der Waals surface area contributed by atoms with Crippen LogP contribution in [0.4, 0.5) is 5.69 Å². The summed E-state index contributed by atoms with van der Waals surface area (Å²) in [4.78, 5) is 4.64. The van der Waals surface area contributed by atoms with Gasteiger partial charge in [0.05, 0.1) is 5.69 Å². The van der Waals surface area contributed by atoms with Crippen molar-refractivity contribution in [3.05, 3.63) is 23.2 Å². The zero-order valence-corrected chi connectivity index (χ0v) is 10.2. The minimum Gasteiger partial charge on any atom is -0.506 e. The first-order valence-electron chi connectivity index (χ1n) is 5.67. The normalized spacial score (nSPS) is 17.8. The Morgan fingerprint density at radius 2 is 1.94 bits per heavy atom. The molecule has 0 saturated carbocycles. The fourth-order valence-corrected chi connectivity index (χ4v) is 2.30. The molecule has 3 nitrogen and oxygen atoms in total. The fraction of sp³-hybridized carbons (Fsp3) is 0.500. The number of piperazine rings is 1. The predicted molar refractivity (Wildman–Crippen MR) is 67.4 cm³/mol. The quantitative estimate of drug-likeness (QED) is 0.859. The SMILES string of the molecule is CCN1CCN(c2cccc(O)c2Cl)CC1. The van der Waals surface area contributed by atoms with Crippen LogP contribution in [-0.4, -0.2) is 42.7 Å². The Balaban J connectivity index is 2.11.